The molecule has 1 aromatic heterocycles. The third-order valence-corrected chi connectivity index (χ3v) is 4.69. The number of anilines is 1. The standard InChI is InChI=1S/C16H18ClNOS/c1-11(9-14-5-4-8-20-14)18(3)13-6-7-15(12(2)19)16(17)10-13/h4-8,10-11H,9H2,1-3H3. The van der Waals surface area contributed by atoms with Crippen molar-refractivity contribution in [1.82, 2.24) is 0 Å². The molecule has 0 aliphatic carbocycles. The molecule has 0 radical (unpaired) electrons. The summed E-state index contributed by atoms with van der Waals surface area (Å²) in [5.74, 6) is -0.00385. The van der Waals surface area contributed by atoms with Gasteiger partial charge in [-0.25, -0.2) is 0 Å². The molecular formula is C16H18ClNOS. The smallest absolute Gasteiger partial charge is 0.161 e. The number of nitrogens with zero attached hydrogens (tertiary/aromatic N) is 1. The van der Waals surface area contributed by atoms with Crippen molar-refractivity contribution < 1.29 is 4.79 Å². The Kier molecular flexibility index (Phi) is 4.84. The van der Waals surface area contributed by atoms with Crippen molar-refractivity contribution in [3.8, 4) is 0 Å². The number of likely N-dealkylation sites (N-methyl/N-ethyl adjacent to an activating group) is 1. The van der Waals surface area contributed by atoms with E-state index in [0.717, 1.165) is 12.1 Å². The second-order valence-electron chi connectivity index (χ2n) is 4.96. The number of halogens is 1. The Balaban J connectivity index is 2.14. The molecule has 2 rings (SSSR count). The number of ketones is 1. The molecule has 1 atom stereocenters. The van der Waals surface area contributed by atoms with E-state index in [9.17, 15) is 4.79 Å². The van der Waals surface area contributed by atoms with Crippen LogP contribution >= 0.6 is 22.9 Å². The van der Waals surface area contributed by atoms with Crippen molar-refractivity contribution in [3.63, 3.8) is 0 Å². The molecule has 0 bridgehead atoms. The minimum atomic E-state index is -0.00385. The van der Waals surface area contributed by atoms with Crippen molar-refractivity contribution in [3.05, 3.63) is 51.2 Å². The molecule has 20 heavy (non-hydrogen) atoms. The first-order valence-corrected chi connectivity index (χ1v) is 7.80. The van der Waals surface area contributed by atoms with Gasteiger partial charge in [0.15, 0.2) is 5.78 Å². The molecule has 106 valence electrons. The fourth-order valence-electron chi connectivity index (χ4n) is 2.12. The Morgan fingerprint density at radius 3 is 2.70 bits per heavy atom. The molecular weight excluding hydrogens is 290 g/mol. The average Bonchev–Trinajstić information content (AvgIpc) is 2.90. The number of thiophene rings is 1. The van der Waals surface area contributed by atoms with E-state index in [1.165, 1.54) is 11.8 Å². The minimum absolute atomic E-state index is 0.00385. The molecule has 0 spiro atoms. The highest BCUT2D eigenvalue weighted by Gasteiger charge is 2.14. The van der Waals surface area contributed by atoms with Gasteiger partial charge in [0.05, 0.1) is 5.02 Å². The van der Waals surface area contributed by atoms with Crippen LogP contribution in [0.4, 0.5) is 5.69 Å². The van der Waals surface area contributed by atoms with Gasteiger partial charge >= 0.3 is 0 Å². The molecule has 1 aromatic carbocycles. The average molecular weight is 308 g/mol. The normalized spacial score (nSPS) is 12.2. The maximum absolute atomic E-state index is 11.4. The van der Waals surface area contributed by atoms with E-state index in [4.69, 9.17) is 11.6 Å². The lowest BCUT2D eigenvalue weighted by Gasteiger charge is -2.27. The fraction of sp³-hybridized carbons (Fsp3) is 0.312. The number of benzene rings is 1. The van der Waals surface area contributed by atoms with Crippen molar-refractivity contribution in [2.45, 2.75) is 26.3 Å². The largest absolute Gasteiger partial charge is 0.371 e. The summed E-state index contributed by atoms with van der Waals surface area (Å²) in [6.07, 6.45) is 1.00. The fourth-order valence-corrected chi connectivity index (χ4v) is 3.25. The molecule has 0 saturated carbocycles. The molecule has 0 aliphatic rings. The Hall–Kier alpha value is -1.32. The monoisotopic (exact) mass is 307 g/mol. The third-order valence-electron chi connectivity index (χ3n) is 3.48. The molecule has 0 amide bonds. The summed E-state index contributed by atoms with van der Waals surface area (Å²) in [4.78, 5) is 15.0. The minimum Gasteiger partial charge on any atom is -0.371 e. The van der Waals surface area contributed by atoms with Crippen LogP contribution in [0.2, 0.25) is 5.02 Å². The summed E-state index contributed by atoms with van der Waals surface area (Å²) in [7, 11) is 2.05. The highest BCUT2D eigenvalue weighted by molar-refractivity contribution is 7.09. The summed E-state index contributed by atoms with van der Waals surface area (Å²) in [5.41, 5.74) is 1.61. The van der Waals surface area contributed by atoms with Crippen LogP contribution in [0.1, 0.15) is 29.1 Å². The molecule has 2 aromatic rings. The topological polar surface area (TPSA) is 20.3 Å². The van der Waals surface area contributed by atoms with Gasteiger partial charge in [0.1, 0.15) is 0 Å². The first-order valence-electron chi connectivity index (χ1n) is 6.54. The second-order valence-corrected chi connectivity index (χ2v) is 6.40. The van der Waals surface area contributed by atoms with Crippen LogP contribution in [0.3, 0.4) is 0 Å². The third kappa shape index (κ3) is 3.41. The molecule has 0 saturated heterocycles. The van der Waals surface area contributed by atoms with Crippen LogP contribution < -0.4 is 4.90 Å². The van der Waals surface area contributed by atoms with Crippen molar-refractivity contribution in [1.29, 1.82) is 0 Å². The van der Waals surface area contributed by atoms with Gasteiger partial charge in [0.25, 0.3) is 0 Å². The molecule has 1 unspecified atom stereocenters. The van der Waals surface area contributed by atoms with Crippen LogP contribution in [-0.2, 0) is 6.42 Å². The number of carbonyl (C=O) groups is 1. The van der Waals surface area contributed by atoms with E-state index in [1.54, 1.807) is 17.4 Å². The Morgan fingerprint density at radius 2 is 2.15 bits per heavy atom. The lowest BCUT2D eigenvalue weighted by Crippen LogP contribution is -2.30. The van der Waals surface area contributed by atoms with Crippen LogP contribution in [0.5, 0.6) is 0 Å². The maximum Gasteiger partial charge on any atom is 0.161 e. The van der Waals surface area contributed by atoms with Gasteiger partial charge in [-0.05, 0) is 43.5 Å². The highest BCUT2D eigenvalue weighted by atomic mass is 35.5. The van der Waals surface area contributed by atoms with E-state index >= 15 is 0 Å². The first kappa shape index (κ1) is 15.1. The zero-order valence-corrected chi connectivity index (χ0v) is 13.5. The lowest BCUT2D eigenvalue weighted by molar-refractivity contribution is 0.101. The number of Topliss-reactive ketones (excluding diaryl/α,β-unsaturated/α-hetero) is 1. The van der Waals surface area contributed by atoms with Gasteiger partial charge in [0, 0.05) is 35.6 Å². The summed E-state index contributed by atoms with van der Waals surface area (Å²) < 4.78 is 0. The van der Waals surface area contributed by atoms with Crippen LogP contribution in [0.25, 0.3) is 0 Å². The number of hydrogen-bond donors (Lipinski definition) is 0. The van der Waals surface area contributed by atoms with Gasteiger partial charge in [-0.1, -0.05) is 17.7 Å². The van der Waals surface area contributed by atoms with Crippen LogP contribution in [-0.4, -0.2) is 18.9 Å². The summed E-state index contributed by atoms with van der Waals surface area (Å²) in [6.45, 7) is 3.72. The Bertz CT molecular complexity index is 595. The van der Waals surface area contributed by atoms with E-state index in [0.29, 0.717) is 16.6 Å². The maximum atomic E-state index is 11.4. The molecule has 4 heteroatoms. The van der Waals surface area contributed by atoms with Gasteiger partial charge in [-0.2, -0.15) is 0 Å². The zero-order valence-electron chi connectivity index (χ0n) is 11.9. The lowest BCUT2D eigenvalue weighted by atomic mass is 10.1. The summed E-state index contributed by atoms with van der Waals surface area (Å²) >= 11 is 7.95. The summed E-state index contributed by atoms with van der Waals surface area (Å²) in [5, 5.41) is 2.62. The number of rotatable bonds is 5. The van der Waals surface area contributed by atoms with Crippen LogP contribution in [0.15, 0.2) is 35.7 Å². The van der Waals surface area contributed by atoms with E-state index in [-0.39, 0.29) is 5.78 Å². The molecule has 0 fully saturated rings. The van der Waals surface area contributed by atoms with Gasteiger partial charge < -0.3 is 4.90 Å². The van der Waals surface area contributed by atoms with Crippen LogP contribution in [0, 0.1) is 0 Å². The molecule has 0 N–H and O–H groups in total. The zero-order chi connectivity index (χ0) is 14.7. The van der Waals surface area contributed by atoms with Crippen molar-refractivity contribution in [2.75, 3.05) is 11.9 Å². The van der Waals surface area contributed by atoms with E-state index < -0.39 is 0 Å². The van der Waals surface area contributed by atoms with Crippen molar-refractivity contribution in [2.24, 2.45) is 0 Å². The van der Waals surface area contributed by atoms with Gasteiger partial charge in [-0.15, -0.1) is 11.3 Å². The Morgan fingerprint density at radius 1 is 1.40 bits per heavy atom. The SMILES string of the molecule is CC(=O)c1ccc(N(C)C(C)Cc2cccs2)cc1Cl. The quantitative estimate of drug-likeness (QED) is 0.748. The predicted molar refractivity (Wildman–Crippen MR) is 87.3 cm³/mol. The number of hydrogen-bond acceptors (Lipinski definition) is 3. The first-order chi connectivity index (χ1) is 9.49. The van der Waals surface area contributed by atoms with E-state index in [1.807, 2.05) is 12.1 Å². The molecule has 2 nitrogen and oxygen atoms in total. The number of carbonyl (C=O) groups excluding carboxylic acids is 1. The Labute approximate surface area is 129 Å². The van der Waals surface area contributed by atoms with Gasteiger partial charge in [0.2, 0.25) is 0 Å². The van der Waals surface area contributed by atoms with Gasteiger partial charge in [-0.3, -0.25) is 4.79 Å². The molecule has 1 heterocycles. The van der Waals surface area contributed by atoms with Crippen molar-refractivity contribution >= 4 is 34.4 Å². The highest BCUT2D eigenvalue weighted by Crippen LogP contribution is 2.25. The molecule has 0 aliphatic heterocycles. The second kappa shape index (κ2) is 6.42. The van der Waals surface area contributed by atoms with E-state index in [2.05, 4.69) is 36.4 Å². The summed E-state index contributed by atoms with van der Waals surface area (Å²) in [6, 6.07) is 10.2. The predicted octanol–water partition coefficient (Wildman–Crippen LogP) is 4.67.